The van der Waals surface area contributed by atoms with Crippen molar-refractivity contribution in [2.75, 3.05) is 0 Å². The Hall–Kier alpha value is -0.780. The van der Waals surface area contributed by atoms with Crippen molar-refractivity contribution in [1.82, 2.24) is 0 Å². The number of allylic oxidation sites excluding steroid dienone is 5. The van der Waals surface area contributed by atoms with Crippen LogP contribution in [-0.4, -0.2) is 0 Å². The molecule has 0 spiro atoms. The molecule has 1 aliphatic rings. The topological polar surface area (TPSA) is 0 Å². The van der Waals surface area contributed by atoms with Crippen LogP contribution in [0.2, 0.25) is 0 Å². The molecule has 1 atom stereocenters. The Labute approximate surface area is 146 Å². The van der Waals surface area contributed by atoms with Gasteiger partial charge in [0.2, 0.25) is 0 Å². The van der Waals surface area contributed by atoms with E-state index >= 15 is 0 Å². The Balaban J connectivity index is 2.47. The molecule has 0 saturated heterocycles. The zero-order valence-corrected chi connectivity index (χ0v) is 16.7. The molecule has 0 aliphatic heterocycles. The van der Waals surface area contributed by atoms with Crippen molar-refractivity contribution in [2.45, 2.75) is 92.9 Å². The van der Waals surface area contributed by atoms with E-state index in [4.69, 9.17) is 0 Å². The molecule has 0 bridgehead atoms. The van der Waals surface area contributed by atoms with E-state index in [0.29, 0.717) is 0 Å². The molecule has 0 radical (unpaired) electrons. The minimum Gasteiger partial charge on any atom is -0.0993 e. The predicted octanol–water partition coefficient (Wildman–Crippen LogP) is 7.87. The first-order chi connectivity index (χ1) is 10.8. The maximum atomic E-state index is 4.44. The van der Waals surface area contributed by atoms with Crippen molar-refractivity contribution in [3.8, 4) is 0 Å². The van der Waals surface area contributed by atoms with Crippen molar-refractivity contribution >= 4 is 0 Å². The summed E-state index contributed by atoms with van der Waals surface area (Å²) >= 11 is 0. The zero-order valence-electron chi connectivity index (χ0n) is 16.7. The number of rotatable bonds is 9. The van der Waals surface area contributed by atoms with E-state index in [0.717, 1.165) is 11.8 Å². The third-order valence-corrected chi connectivity index (χ3v) is 5.83. The predicted molar refractivity (Wildman–Crippen MR) is 106 cm³/mol. The molecule has 0 heterocycles. The smallest absolute Gasteiger partial charge is 0.0144 e. The summed E-state index contributed by atoms with van der Waals surface area (Å²) in [5, 5.41) is 0. The maximum Gasteiger partial charge on any atom is -0.0144 e. The van der Waals surface area contributed by atoms with E-state index in [2.05, 4.69) is 60.3 Å². The van der Waals surface area contributed by atoms with Crippen molar-refractivity contribution in [1.29, 1.82) is 0 Å². The van der Waals surface area contributed by atoms with Crippen molar-refractivity contribution in [2.24, 2.45) is 17.3 Å². The van der Waals surface area contributed by atoms with Crippen molar-refractivity contribution in [3.05, 3.63) is 35.5 Å². The highest BCUT2D eigenvalue weighted by Gasteiger charge is 2.22. The third kappa shape index (κ3) is 7.10. The molecule has 23 heavy (non-hydrogen) atoms. The van der Waals surface area contributed by atoms with Gasteiger partial charge in [0.1, 0.15) is 0 Å². The first kappa shape index (κ1) is 20.3. The molecular formula is C23H40. The van der Waals surface area contributed by atoms with E-state index in [1.165, 1.54) is 62.5 Å². The summed E-state index contributed by atoms with van der Waals surface area (Å²) in [5.41, 5.74) is 4.92. The highest BCUT2D eigenvalue weighted by molar-refractivity contribution is 5.13. The van der Waals surface area contributed by atoms with Crippen LogP contribution in [0.3, 0.4) is 0 Å². The summed E-state index contributed by atoms with van der Waals surface area (Å²) < 4.78 is 0. The highest BCUT2D eigenvalue weighted by atomic mass is 14.3. The fraction of sp³-hybridized carbons (Fsp3) is 0.739. The van der Waals surface area contributed by atoms with Crippen LogP contribution in [0.4, 0.5) is 0 Å². The van der Waals surface area contributed by atoms with Gasteiger partial charge in [0, 0.05) is 0 Å². The van der Waals surface area contributed by atoms with Gasteiger partial charge in [0.25, 0.3) is 0 Å². The normalized spacial score (nSPS) is 19.9. The summed E-state index contributed by atoms with van der Waals surface area (Å²) in [6.07, 6.45) is 15.1. The van der Waals surface area contributed by atoms with Crippen LogP contribution < -0.4 is 0 Å². The second kappa shape index (κ2) is 9.50. The van der Waals surface area contributed by atoms with Crippen LogP contribution in [-0.2, 0) is 0 Å². The molecule has 0 amide bonds. The van der Waals surface area contributed by atoms with Crippen LogP contribution in [0.5, 0.6) is 0 Å². The Kier molecular flexibility index (Phi) is 8.37. The standard InChI is InChI=1S/C23H40/c1-8-19(4)11-10-16-23(6,7)20(5)14-15-21-12-9-13-22(17-21)18(2)3/h11,17-18,21H,5,8-10,12-16H2,1-4,6-7H3/b19-11+. The van der Waals surface area contributed by atoms with E-state index in [1.807, 2.05) is 0 Å². The van der Waals surface area contributed by atoms with Crippen LogP contribution >= 0.6 is 0 Å². The summed E-state index contributed by atoms with van der Waals surface area (Å²) in [7, 11) is 0. The molecule has 1 rings (SSSR count). The fourth-order valence-corrected chi connectivity index (χ4v) is 3.45. The second-order valence-electron chi connectivity index (χ2n) is 8.52. The molecule has 132 valence electrons. The molecule has 0 nitrogen and oxygen atoms in total. The van der Waals surface area contributed by atoms with Crippen LogP contribution in [0.1, 0.15) is 92.9 Å². The lowest BCUT2D eigenvalue weighted by atomic mass is 9.76. The lowest BCUT2D eigenvalue weighted by molar-refractivity contribution is 0.382. The van der Waals surface area contributed by atoms with Gasteiger partial charge in [-0.25, -0.2) is 0 Å². The molecular weight excluding hydrogens is 276 g/mol. The molecule has 0 aromatic heterocycles. The molecule has 0 aromatic rings. The van der Waals surface area contributed by atoms with Crippen molar-refractivity contribution < 1.29 is 0 Å². The lowest BCUT2D eigenvalue weighted by Crippen LogP contribution is -2.15. The van der Waals surface area contributed by atoms with Gasteiger partial charge in [-0.3, -0.25) is 0 Å². The molecule has 0 heteroatoms. The van der Waals surface area contributed by atoms with E-state index in [1.54, 1.807) is 5.57 Å². The monoisotopic (exact) mass is 316 g/mol. The fourth-order valence-electron chi connectivity index (χ4n) is 3.45. The quantitative estimate of drug-likeness (QED) is 0.380. The largest absolute Gasteiger partial charge is 0.0993 e. The van der Waals surface area contributed by atoms with Crippen molar-refractivity contribution in [3.63, 3.8) is 0 Å². The Morgan fingerprint density at radius 2 is 2.09 bits per heavy atom. The van der Waals surface area contributed by atoms with Gasteiger partial charge in [0.05, 0.1) is 0 Å². The second-order valence-corrected chi connectivity index (χ2v) is 8.52. The molecule has 0 saturated carbocycles. The summed E-state index contributed by atoms with van der Waals surface area (Å²) in [6, 6.07) is 0. The molecule has 0 N–H and O–H groups in total. The van der Waals surface area contributed by atoms with Crippen LogP contribution in [0, 0.1) is 17.3 Å². The third-order valence-electron chi connectivity index (χ3n) is 5.83. The average Bonchev–Trinajstić information content (AvgIpc) is 2.52. The number of hydrogen-bond acceptors (Lipinski definition) is 0. The highest BCUT2D eigenvalue weighted by Crippen LogP contribution is 2.36. The van der Waals surface area contributed by atoms with Gasteiger partial charge >= 0.3 is 0 Å². The maximum absolute atomic E-state index is 4.44. The summed E-state index contributed by atoms with van der Waals surface area (Å²) in [4.78, 5) is 0. The van der Waals surface area contributed by atoms with Gasteiger partial charge in [-0.2, -0.15) is 0 Å². The first-order valence-electron chi connectivity index (χ1n) is 9.80. The van der Waals surface area contributed by atoms with Gasteiger partial charge in [-0.1, -0.05) is 70.1 Å². The van der Waals surface area contributed by atoms with E-state index in [9.17, 15) is 0 Å². The van der Waals surface area contributed by atoms with Crippen LogP contribution in [0.25, 0.3) is 0 Å². The summed E-state index contributed by atoms with van der Waals surface area (Å²) in [6.45, 7) is 18.3. The Morgan fingerprint density at radius 3 is 2.70 bits per heavy atom. The lowest BCUT2D eigenvalue weighted by Gasteiger charge is -2.29. The van der Waals surface area contributed by atoms with Gasteiger partial charge in [-0.15, -0.1) is 0 Å². The van der Waals surface area contributed by atoms with E-state index < -0.39 is 0 Å². The zero-order chi connectivity index (χ0) is 17.5. The summed E-state index contributed by atoms with van der Waals surface area (Å²) in [5.74, 6) is 1.52. The van der Waals surface area contributed by atoms with Gasteiger partial charge in [-0.05, 0) is 75.5 Å². The molecule has 1 aliphatic carbocycles. The Bertz CT molecular complexity index is 431. The Morgan fingerprint density at radius 1 is 1.39 bits per heavy atom. The van der Waals surface area contributed by atoms with Crippen LogP contribution in [0.15, 0.2) is 35.5 Å². The first-order valence-corrected chi connectivity index (χ1v) is 9.80. The van der Waals surface area contributed by atoms with Gasteiger partial charge in [0.15, 0.2) is 0 Å². The van der Waals surface area contributed by atoms with Gasteiger partial charge < -0.3 is 0 Å². The molecule has 0 fully saturated rings. The van der Waals surface area contributed by atoms with E-state index in [-0.39, 0.29) is 5.41 Å². The minimum absolute atomic E-state index is 0.268. The SMILES string of the molecule is C=C(CCC1C=C(C(C)C)CCC1)C(C)(C)CC/C=C(\C)CC. The molecule has 0 aromatic carbocycles. The molecule has 1 unspecified atom stereocenters. The average molecular weight is 317 g/mol. The number of hydrogen-bond donors (Lipinski definition) is 0. The minimum atomic E-state index is 0.268.